The van der Waals surface area contributed by atoms with Crippen LogP contribution in [0.15, 0.2) is 23.0 Å². The van der Waals surface area contributed by atoms with Crippen molar-refractivity contribution in [3.8, 4) is 28.5 Å². The zero-order valence-corrected chi connectivity index (χ0v) is 17.5. The van der Waals surface area contributed by atoms with E-state index in [4.69, 9.17) is 9.84 Å². The van der Waals surface area contributed by atoms with Crippen molar-refractivity contribution < 1.29 is 24.5 Å². The molecule has 10 heteroatoms. The number of pyridine rings is 1. The maximum atomic E-state index is 12.3. The zero-order chi connectivity index (χ0) is 20.7. The van der Waals surface area contributed by atoms with E-state index in [2.05, 4.69) is 33.6 Å². The normalized spacial score (nSPS) is 17.4. The van der Waals surface area contributed by atoms with Gasteiger partial charge in [-0.15, -0.1) is 12.4 Å². The van der Waals surface area contributed by atoms with Crippen LogP contribution < -0.4 is 19.9 Å². The van der Waals surface area contributed by atoms with E-state index in [-0.39, 0.29) is 19.0 Å². The molecule has 30 heavy (non-hydrogen) atoms. The summed E-state index contributed by atoms with van der Waals surface area (Å²) >= 11 is 0. The summed E-state index contributed by atoms with van der Waals surface area (Å²) in [5.74, 6) is -0.486. The Hall–Kier alpha value is -2.91. The van der Waals surface area contributed by atoms with Gasteiger partial charge in [0.1, 0.15) is 5.75 Å². The van der Waals surface area contributed by atoms with Gasteiger partial charge in [0, 0.05) is 48.4 Å². The Morgan fingerprint density at radius 2 is 2.13 bits per heavy atom. The monoisotopic (exact) mass is 437 g/mol. The molecule has 2 aliphatic rings. The number of carbonyl (C=O) groups is 1. The standard InChI is InChI=1S/C20H23N3O6.ClH/c1-22(2)12-5-7-23(10-12)11-3-4-13-15(9-11)28-8-6-14-16(13)21-19(25)18(17(14)24)29-20(26)27;/h3-4,9,12H,5-8,10H2,1-2H3,(H,26,27)(H2,21,24,25);1H. The van der Waals surface area contributed by atoms with Crippen LogP contribution in [0.2, 0.25) is 0 Å². The molecule has 2 aliphatic heterocycles. The van der Waals surface area contributed by atoms with Crippen LogP contribution in [0, 0.1) is 0 Å². The third-order valence-corrected chi connectivity index (χ3v) is 5.54. The van der Waals surface area contributed by atoms with Crippen molar-refractivity contribution in [3.63, 3.8) is 0 Å². The van der Waals surface area contributed by atoms with E-state index in [1.165, 1.54) is 0 Å². The number of aromatic amines is 1. The smallest absolute Gasteiger partial charge is 0.504 e. The lowest BCUT2D eigenvalue weighted by Gasteiger charge is -2.22. The maximum absolute atomic E-state index is 12.3. The minimum Gasteiger partial charge on any atom is -0.504 e. The van der Waals surface area contributed by atoms with Crippen molar-refractivity contribution in [2.45, 2.75) is 18.9 Å². The van der Waals surface area contributed by atoms with E-state index in [1.807, 2.05) is 18.2 Å². The number of carboxylic acid groups (broad SMARTS) is 1. The summed E-state index contributed by atoms with van der Waals surface area (Å²) in [6, 6.07) is 6.26. The first-order valence-corrected chi connectivity index (χ1v) is 9.42. The lowest BCUT2D eigenvalue weighted by atomic mass is 10.0. The molecule has 1 aromatic heterocycles. The molecule has 4 rings (SSSR count). The Kier molecular flexibility index (Phi) is 6.14. The van der Waals surface area contributed by atoms with E-state index >= 15 is 0 Å². The molecule has 1 unspecified atom stereocenters. The third-order valence-electron chi connectivity index (χ3n) is 5.54. The Morgan fingerprint density at radius 3 is 2.80 bits per heavy atom. The van der Waals surface area contributed by atoms with Crippen molar-refractivity contribution >= 4 is 24.2 Å². The molecule has 1 saturated heterocycles. The van der Waals surface area contributed by atoms with Gasteiger partial charge in [-0.05, 0) is 32.6 Å². The topological polar surface area (TPSA) is 115 Å². The first-order valence-electron chi connectivity index (χ1n) is 9.42. The number of ether oxygens (including phenoxy) is 2. The molecule has 1 aromatic carbocycles. The van der Waals surface area contributed by atoms with E-state index in [1.54, 1.807) is 0 Å². The summed E-state index contributed by atoms with van der Waals surface area (Å²) in [4.78, 5) is 30.3. The zero-order valence-electron chi connectivity index (χ0n) is 16.7. The SMILES string of the molecule is CN(C)C1CCN(c2ccc3c(c2)OCCc2c-3[nH]c(=O)c(OC(=O)O)c2O)C1.Cl. The molecule has 0 amide bonds. The van der Waals surface area contributed by atoms with Gasteiger partial charge in [0.25, 0.3) is 5.56 Å². The fourth-order valence-electron chi connectivity index (χ4n) is 3.96. The van der Waals surface area contributed by atoms with Gasteiger partial charge < -0.3 is 34.5 Å². The Bertz CT molecular complexity index is 1020. The van der Waals surface area contributed by atoms with Gasteiger partial charge in [-0.1, -0.05) is 0 Å². The van der Waals surface area contributed by atoms with Crippen LogP contribution in [0.25, 0.3) is 11.3 Å². The second-order valence-corrected chi connectivity index (χ2v) is 7.48. The number of likely N-dealkylation sites (N-methyl/N-ethyl adjacent to an activating group) is 1. The van der Waals surface area contributed by atoms with Gasteiger partial charge in [-0.25, -0.2) is 4.79 Å². The van der Waals surface area contributed by atoms with Crippen LogP contribution in [0.1, 0.15) is 12.0 Å². The maximum Gasteiger partial charge on any atom is 0.511 e. The quantitative estimate of drug-likeness (QED) is 0.626. The number of benzene rings is 1. The van der Waals surface area contributed by atoms with Crippen LogP contribution in [0.3, 0.4) is 0 Å². The van der Waals surface area contributed by atoms with Gasteiger partial charge in [-0.3, -0.25) is 4.79 Å². The minimum atomic E-state index is -1.66. The number of aromatic nitrogens is 1. The fraction of sp³-hybridized carbons (Fsp3) is 0.400. The van der Waals surface area contributed by atoms with Crippen molar-refractivity contribution in [2.75, 3.05) is 38.7 Å². The minimum absolute atomic E-state index is 0. The molecule has 2 aromatic rings. The molecule has 0 saturated carbocycles. The molecular weight excluding hydrogens is 414 g/mol. The van der Waals surface area contributed by atoms with Crippen LogP contribution in [0.4, 0.5) is 10.5 Å². The first kappa shape index (κ1) is 21.8. The number of rotatable bonds is 3. The van der Waals surface area contributed by atoms with Crippen molar-refractivity contribution in [2.24, 2.45) is 0 Å². The van der Waals surface area contributed by atoms with Gasteiger partial charge in [0.2, 0.25) is 5.75 Å². The number of anilines is 1. The summed E-state index contributed by atoms with van der Waals surface area (Å²) in [6.07, 6.45) is -0.284. The molecule has 0 spiro atoms. The molecule has 3 heterocycles. The molecule has 3 N–H and O–H groups in total. The lowest BCUT2D eigenvalue weighted by Crippen LogP contribution is -2.31. The average Bonchev–Trinajstić information content (AvgIpc) is 3.10. The summed E-state index contributed by atoms with van der Waals surface area (Å²) in [6.45, 7) is 2.15. The second kappa shape index (κ2) is 8.45. The van der Waals surface area contributed by atoms with Gasteiger partial charge in [0.15, 0.2) is 5.75 Å². The fourth-order valence-corrected chi connectivity index (χ4v) is 3.96. The highest BCUT2D eigenvalue weighted by Gasteiger charge is 2.28. The van der Waals surface area contributed by atoms with Crippen molar-refractivity contribution in [3.05, 3.63) is 34.1 Å². The second-order valence-electron chi connectivity index (χ2n) is 7.48. The summed E-state index contributed by atoms with van der Waals surface area (Å²) in [5, 5.41) is 19.2. The average molecular weight is 438 g/mol. The number of H-pyrrole nitrogens is 1. The highest BCUT2D eigenvalue weighted by molar-refractivity contribution is 5.85. The summed E-state index contributed by atoms with van der Waals surface area (Å²) < 4.78 is 10.4. The number of aromatic hydroxyl groups is 1. The van der Waals surface area contributed by atoms with E-state index in [9.17, 15) is 14.7 Å². The Labute approximate surface area is 179 Å². The van der Waals surface area contributed by atoms with Crippen molar-refractivity contribution in [1.29, 1.82) is 0 Å². The van der Waals surface area contributed by atoms with Crippen LogP contribution >= 0.6 is 12.4 Å². The molecule has 9 nitrogen and oxygen atoms in total. The molecule has 162 valence electrons. The number of nitrogens with one attached hydrogen (secondary N) is 1. The van der Waals surface area contributed by atoms with E-state index in [0.29, 0.717) is 35.0 Å². The summed E-state index contributed by atoms with van der Waals surface area (Å²) in [7, 11) is 4.16. The van der Waals surface area contributed by atoms with Crippen LogP contribution in [0.5, 0.6) is 17.2 Å². The molecule has 1 fully saturated rings. The number of hydrogen-bond donors (Lipinski definition) is 3. The number of nitrogens with zero attached hydrogens (tertiary/aromatic N) is 2. The Balaban J connectivity index is 0.00000256. The lowest BCUT2D eigenvalue weighted by molar-refractivity contribution is 0.142. The predicted octanol–water partition coefficient (Wildman–Crippen LogP) is 2.30. The first-order chi connectivity index (χ1) is 13.8. The van der Waals surface area contributed by atoms with Gasteiger partial charge >= 0.3 is 6.16 Å². The van der Waals surface area contributed by atoms with Gasteiger partial charge in [-0.2, -0.15) is 0 Å². The molecule has 0 radical (unpaired) electrons. The van der Waals surface area contributed by atoms with E-state index < -0.39 is 23.2 Å². The van der Waals surface area contributed by atoms with Crippen molar-refractivity contribution in [1.82, 2.24) is 9.88 Å². The van der Waals surface area contributed by atoms with E-state index in [0.717, 1.165) is 25.2 Å². The van der Waals surface area contributed by atoms with Crippen LogP contribution in [-0.4, -0.2) is 66.1 Å². The predicted molar refractivity (Wildman–Crippen MR) is 114 cm³/mol. The molecule has 0 bridgehead atoms. The molecular formula is C20H24ClN3O6. The highest BCUT2D eigenvalue weighted by Crippen LogP contribution is 2.41. The number of halogens is 1. The number of fused-ring (bicyclic) bond motifs is 3. The largest absolute Gasteiger partial charge is 0.511 e. The highest BCUT2D eigenvalue weighted by atomic mass is 35.5. The van der Waals surface area contributed by atoms with Crippen LogP contribution in [-0.2, 0) is 6.42 Å². The Morgan fingerprint density at radius 1 is 1.37 bits per heavy atom. The van der Waals surface area contributed by atoms with Gasteiger partial charge in [0.05, 0.1) is 12.3 Å². The molecule has 1 atom stereocenters. The molecule has 0 aliphatic carbocycles. The third kappa shape index (κ3) is 3.90. The number of hydrogen-bond acceptors (Lipinski definition) is 7. The summed E-state index contributed by atoms with van der Waals surface area (Å²) in [5.41, 5.74) is 1.67.